The minimum Gasteiger partial charge on any atom is -0.458 e. The van der Waals surface area contributed by atoms with Gasteiger partial charge in [-0.05, 0) is 104 Å². The summed E-state index contributed by atoms with van der Waals surface area (Å²) in [5.41, 5.74) is 2.83. The molecule has 0 aromatic heterocycles. The first-order valence-corrected chi connectivity index (χ1v) is 13.4. The molecule has 34 heavy (non-hydrogen) atoms. The molecule has 0 spiro atoms. The first-order chi connectivity index (χ1) is 16.4. The monoisotopic (exact) mass is 460 g/mol. The molecule has 3 heteroatoms. The minimum atomic E-state index is -0.188. The molecule has 0 saturated heterocycles. The SMILES string of the molecule is C[C@H](C=CC=O)[C@H]1CC[C@H]2[C@@H]3CC=C4C[C@@H](OC(=O)c5ccccc5)CC[C@]4(C)[C@H]3CC[C@]12C. The van der Waals surface area contributed by atoms with E-state index in [9.17, 15) is 9.59 Å². The Morgan fingerprint density at radius 1 is 1.06 bits per heavy atom. The van der Waals surface area contributed by atoms with Gasteiger partial charge in [0, 0.05) is 6.42 Å². The molecule has 0 unspecified atom stereocenters. The lowest BCUT2D eigenvalue weighted by atomic mass is 9.47. The minimum absolute atomic E-state index is 0.00115. The Bertz CT molecular complexity index is 978. The fourth-order valence-corrected chi connectivity index (χ4v) is 8.78. The highest BCUT2D eigenvalue weighted by atomic mass is 16.5. The summed E-state index contributed by atoms with van der Waals surface area (Å²) in [5.74, 6) is 3.26. The second-order valence-corrected chi connectivity index (χ2v) is 12.0. The molecule has 0 heterocycles. The van der Waals surface area contributed by atoms with Crippen LogP contribution >= 0.6 is 0 Å². The van der Waals surface area contributed by atoms with Gasteiger partial charge in [0.15, 0.2) is 0 Å². The van der Waals surface area contributed by atoms with Crippen LogP contribution in [0.25, 0.3) is 0 Å². The molecule has 1 aromatic carbocycles. The number of carbonyl (C=O) groups excluding carboxylic acids is 2. The number of esters is 1. The predicted molar refractivity (Wildman–Crippen MR) is 135 cm³/mol. The van der Waals surface area contributed by atoms with Crippen LogP contribution in [-0.2, 0) is 9.53 Å². The van der Waals surface area contributed by atoms with Gasteiger partial charge >= 0.3 is 5.97 Å². The number of carbonyl (C=O) groups is 2. The molecule has 4 aliphatic carbocycles. The molecule has 0 N–H and O–H groups in total. The van der Waals surface area contributed by atoms with Crippen molar-refractivity contribution in [1.82, 2.24) is 0 Å². The van der Waals surface area contributed by atoms with Crippen LogP contribution in [0.3, 0.4) is 0 Å². The number of hydrogen-bond acceptors (Lipinski definition) is 3. The van der Waals surface area contributed by atoms with E-state index < -0.39 is 0 Å². The molecule has 0 bridgehead atoms. The first-order valence-electron chi connectivity index (χ1n) is 13.4. The second-order valence-electron chi connectivity index (χ2n) is 12.0. The van der Waals surface area contributed by atoms with Crippen LogP contribution < -0.4 is 0 Å². The Morgan fingerprint density at radius 2 is 1.85 bits per heavy atom. The summed E-state index contributed by atoms with van der Waals surface area (Å²) in [4.78, 5) is 23.5. The number of ether oxygens (including phenoxy) is 1. The van der Waals surface area contributed by atoms with Crippen molar-refractivity contribution in [2.45, 2.75) is 78.2 Å². The number of fused-ring (bicyclic) bond motifs is 5. The van der Waals surface area contributed by atoms with E-state index >= 15 is 0 Å². The summed E-state index contributed by atoms with van der Waals surface area (Å²) in [6.45, 7) is 7.37. The van der Waals surface area contributed by atoms with Crippen molar-refractivity contribution in [3.63, 3.8) is 0 Å². The maximum atomic E-state index is 12.6. The quantitative estimate of drug-likeness (QED) is 0.202. The average Bonchev–Trinajstić information content (AvgIpc) is 3.20. The van der Waals surface area contributed by atoms with E-state index in [0.29, 0.717) is 22.8 Å². The van der Waals surface area contributed by atoms with Gasteiger partial charge in [-0.15, -0.1) is 0 Å². The molecular formula is C31H40O3. The van der Waals surface area contributed by atoms with E-state index in [1.807, 2.05) is 30.3 Å². The van der Waals surface area contributed by atoms with Crippen molar-refractivity contribution in [3.8, 4) is 0 Å². The van der Waals surface area contributed by atoms with Crippen molar-refractivity contribution in [2.75, 3.05) is 0 Å². The van der Waals surface area contributed by atoms with Crippen LogP contribution in [0.1, 0.15) is 82.5 Å². The van der Waals surface area contributed by atoms with Crippen molar-refractivity contribution in [2.24, 2.45) is 40.4 Å². The molecule has 0 aliphatic heterocycles. The molecule has 3 saturated carbocycles. The van der Waals surface area contributed by atoms with E-state index in [1.54, 1.807) is 11.6 Å². The normalized spacial score (nSPS) is 40.0. The fourth-order valence-electron chi connectivity index (χ4n) is 8.78. The Balaban J connectivity index is 1.30. The Hall–Kier alpha value is -2.16. The summed E-state index contributed by atoms with van der Waals surface area (Å²) in [7, 11) is 0. The molecule has 3 nitrogen and oxygen atoms in total. The topological polar surface area (TPSA) is 43.4 Å². The van der Waals surface area contributed by atoms with E-state index in [1.165, 1.54) is 32.1 Å². The van der Waals surface area contributed by atoms with Gasteiger partial charge in [-0.25, -0.2) is 4.79 Å². The standard InChI is InChI=1S/C31H40O3/c1-21(8-7-19-32)26-13-14-27-25-12-11-23-20-24(34-29(33)22-9-5-4-6-10-22)15-17-30(23,2)28(25)16-18-31(26,27)3/h4-11,19,21,24-28H,12-18,20H2,1-3H3/t21-,24+,25+,26-,27+,28+,30+,31-/m1/s1. The van der Waals surface area contributed by atoms with Gasteiger partial charge in [0.1, 0.15) is 12.4 Å². The van der Waals surface area contributed by atoms with E-state index in [2.05, 4.69) is 32.9 Å². The van der Waals surface area contributed by atoms with Crippen LogP contribution in [0.2, 0.25) is 0 Å². The van der Waals surface area contributed by atoms with Crippen molar-refractivity contribution in [3.05, 3.63) is 59.7 Å². The third kappa shape index (κ3) is 3.89. The second kappa shape index (κ2) is 9.13. The van der Waals surface area contributed by atoms with Crippen LogP contribution in [0.4, 0.5) is 0 Å². The number of allylic oxidation sites excluding steroid dienone is 3. The molecule has 1 aromatic rings. The summed E-state index contributed by atoms with van der Waals surface area (Å²) < 4.78 is 5.95. The van der Waals surface area contributed by atoms with E-state index in [0.717, 1.165) is 43.3 Å². The van der Waals surface area contributed by atoms with E-state index in [-0.39, 0.29) is 17.5 Å². The van der Waals surface area contributed by atoms with Crippen molar-refractivity contribution < 1.29 is 14.3 Å². The van der Waals surface area contributed by atoms with Crippen LogP contribution in [0.15, 0.2) is 54.1 Å². The van der Waals surface area contributed by atoms with Crippen LogP contribution in [-0.4, -0.2) is 18.4 Å². The lowest BCUT2D eigenvalue weighted by Gasteiger charge is -2.58. The number of rotatable bonds is 5. The van der Waals surface area contributed by atoms with Gasteiger partial charge < -0.3 is 4.74 Å². The lowest BCUT2D eigenvalue weighted by Crippen LogP contribution is -2.51. The maximum Gasteiger partial charge on any atom is 0.338 e. The van der Waals surface area contributed by atoms with Gasteiger partial charge in [-0.2, -0.15) is 0 Å². The highest BCUT2D eigenvalue weighted by Crippen LogP contribution is 2.67. The third-order valence-corrected chi connectivity index (χ3v) is 10.5. The smallest absolute Gasteiger partial charge is 0.338 e. The zero-order valence-corrected chi connectivity index (χ0v) is 21.0. The summed E-state index contributed by atoms with van der Waals surface area (Å²) in [6, 6.07) is 9.38. The number of hydrogen-bond donors (Lipinski definition) is 0. The largest absolute Gasteiger partial charge is 0.458 e. The van der Waals surface area contributed by atoms with Gasteiger partial charge in [0.25, 0.3) is 0 Å². The zero-order valence-electron chi connectivity index (χ0n) is 21.0. The number of aldehydes is 1. The van der Waals surface area contributed by atoms with Gasteiger partial charge in [-0.3, -0.25) is 4.79 Å². The van der Waals surface area contributed by atoms with Gasteiger partial charge in [0.2, 0.25) is 0 Å². The summed E-state index contributed by atoms with van der Waals surface area (Å²) >= 11 is 0. The first kappa shape index (κ1) is 23.6. The molecule has 0 amide bonds. The lowest BCUT2D eigenvalue weighted by molar-refractivity contribution is -0.104. The highest BCUT2D eigenvalue weighted by Gasteiger charge is 2.59. The van der Waals surface area contributed by atoms with Crippen LogP contribution in [0.5, 0.6) is 0 Å². The van der Waals surface area contributed by atoms with Crippen LogP contribution in [0, 0.1) is 40.4 Å². The molecule has 182 valence electrons. The fraction of sp³-hybridized carbons (Fsp3) is 0.613. The molecule has 8 atom stereocenters. The summed E-state index contributed by atoms with van der Waals surface area (Å²) in [5, 5.41) is 0. The molecule has 3 fully saturated rings. The van der Waals surface area contributed by atoms with Gasteiger partial charge in [0.05, 0.1) is 5.56 Å². The van der Waals surface area contributed by atoms with Gasteiger partial charge in [-0.1, -0.05) is 56.7 Å². The van der Waals surface area contributed by atoms with E-state index in [4.69, 9.17) is 4.74 Å². The Labute approximate surface area is 205 Å². The van der Waals surface area contributed by atoms with Crippen molar-refractivity contribution in [1.29, 1.82) is 0 Å². The maximum absolute atomic E-state index is 12.6. The highest BCUT2D eigenvalue weighted by molar-refractivity contribution is 5.89. The molecule has 5 rings (SSSR count). The predicted octanol–water partition coefficient (Wildman–Crippen LogP) is 7.18. The number of benzene rings is 1. The third-order valence-electron chi connectivity index (χ3n) is 10.5. The zero-order chi connectivity index (χ0) is 23.9. The Morgan fingerprint density at radius 3 is 2.62 bits per heavy atom. The molecular weight excluding hydrogens is 420 g/mol. The molecule has 0 radical (unpaired) electrons. The Kier molecular flexibility index (Phi) is 6.33. The molecule has 4 aliphatic rings. The van der Waals surface area contributed by atoms with Crippen molar-refractivity contribution >= 4 is 12.3 Å². The average molecular weight is 461 g/mol. The summed E-state index contributed by atoms with van der Waals surface area (Å²) in [6.07, 6.45) is 16.7.